The largest absolute Gasteiger partial charge is 0.493 e. The van der Waals surface area contributed by atoms with Crippen molar-refractivity contribution in [3.63, 3.8) is 0 Å². The summed E-state index contributed by atoms with van der Waals surface area (Å²) in [5, 5.41) is 5.15. The van der Waals surface area contributed by atoms with Crippen LogP contribution in [0.2, 0.25) is 0 Å². The molecule has 0 spiro atoms. The highest BCUT2D eigenvalue weighted by molar-refractivity contribution is 5.94. The summed E-state index contributed by atoms with van der Waals surface area (Å²) in [7, 11) is 3.22. The molecular weight excluding hydrogens is 454 g/mol. The Kier molecular flexibility index (Phi) is 8.29. The van der Waals surface area contributed by atoms with Gasteiger partial charge in [-0.05, 0) is 60.7 Å². The predicted molar refractivity (Wildman–Crippen MR) is 141 cm³/mol. The molecule has 4 aromatic carbocycles. The van der Waals surface area contributed by atoms with Gasteiger partial charge in [-0.15, -0.1) is 0 Å². The van der Waals surface area contributed by atoms with Crippen molar-refractivity contribution >= 4 is 16.7 Å². The molecule has 6 nitrogen and oxygen atoms in total. The normalized spacial score (nSPS) is 10.6. The van der Waals surface area contributed by atoms with E-state index in [2.05, 4.69) is 17.4 Å². The SMILES string of the molecule is CCOc1ccc(C(=O)NCCc2ccc(OC)c(OC)c2)cc1COc1cccc2ccccc12. The Balaban J connectivity index is 1.43. The van der Waals surface area contributed by atoms with E-state index in [9.17, 15) is 4.79 Å². The number of nitrogens with one attached hydrogen (secondary N) is 1. The van der Waals surface area contributed by atoms with Crippen molar-refractivity contribution in [1.82, 2.24) is 5.32 Å². The molecule has 0 bridgehead atoms. The zero-order valence-electron chi connectivity index (χ0n) is 20.9. The Morgan fingerprint density at radius 1 is 0.778 bits per heavy atom. The molecule has 0 unspecified atom stereocenters. The van der Waals surface area contributed by atoms with Gasteiger partial charge in [-0.1, -0.05) is 42.5 Å². The average Bonchev–Trinajstić information content (AvgIpc) is 2.92. The minimum absolute atomic E-state index is 0.148. The summed E-state index contributed by atoms with van der Waals surface area (Å²) in [4.78, 5) is 12.9. The number of benzene rings is 4. The third-order valence-corrected chi connectivity index (χ3v) is 5.90. The molecule has 0 aliphatic rings. The van der Waals surface area contributed by atoms with E-state index < -0.39 is 0 Å². The molecular formula is C30H31NO5. The molecule has 0 saturated carbocycles. The summed E-state index contributed by atoms with van der Waals surface area (Å²) in [5.74, 6) is 2.70. The molecule has 186 valence electrons. The molecule has 4 aromatic rings. The zero-order valence-corrected chi connectivity index (χ0v) is 20.9. The molecule has 0 aliphatic heterocycles. The van der Waals surface area contributed by atoms with E-state index in [0.717, 1.165) is 27.6 Å². The highest BCUT2D eigenvalue weighted by Crippen LogP contribution is 2.29. The molecule has 1 N–H and O–H groups in total. The number of rotatable bonds is 11. The topological polar surface area (TPSA) is 66.0 Å². The molecule has 0 aromatic heterocycles. The van der Waals surface area contributed by atoms with Gasteiger partial charge in [0.2, 0.25) is 0 Å². The smallest absolute Gasteiger partial charge is 0.251 e. The number of hydrogen-bond acceptors (Lipinski definition) is 5. The molecule has 0 saturated heterocycles. The maximum atomic E-state index is 12.9. The van der Waals surface area contributed by atoms with E-state index in [4.69, 9.17) is 18.9 Å². The van der Waals surface area contributed by atoms with Crippen LogP contribution in [0.1, 0.15) is 28.4 Å². The van der Waals surface area contributed by atoms with Crippen LogP contribution in [-0.4, -0.2) is 33.3 Å². The van der Waals surface area contributed by atoms with Crippen LogP contribution in [0.3, 0.4) is 0 Å². The van der Waals surface area contributed by atoms with Crippen molar-refractivity contribution in [3.05, 3.63) is 95.6 Å². The van der Waals surface area contributed by atoms with Crippen molar-refractivity contribution in [1.29, 1.82) is 0 Å². The van der Waals surface area contributed by atoms with E-state index in [1.165, 1.54) is 0 Å². The fraction of sp³-hybridized carbons (Fsp3) is 0.233. The summed E-state index contributed by atoms with van der Waals surface area (Å²) in [5.41, 5.74) is 2.42. The maximum Gasteiger partial charge on any atom is 0.251 e. The fourth-order valence-electron chi connectivity index (χ4n) is 4.07. The predicted octanol–water partition coefficient (Wildman–Crippen LogP) is 5.81. The van der Waals surface area contributed by atoms with Crippen molar-refractivity contribution in [2.45, 2.75) is 20.0 Å². The molecule has 1 amide bonds. The lowest BCUT2D eigenvalue weighted by molar-refractivity contribution is 0.0954. The second kappa shape index (κ2) is 12.0. The highest BCUT2D eigenvalue weighted by atomic mass is 16.5. The number of hydrogen-bond donors (Lipinski definition) is 1. The monoisotopic (exact) mass is 485 g/mol. The summed E-state index contributed by atoms with van der Waals surface area (Å²) < 4.78 is 22.6. The number of ether oxygens (including phenoxy) is 4. The third kappa shape index (κ3) is 5.89. The van der Waals surface area contributed by atoms with Gasteiger partial charge in [0.25, 0.3) is 5.91 Å². The second-order valence-electron chi connectivity index (χ2n) is 8.22. The van der Waals surface area contributed by atoms with Gasteiger partial charge >= 0.3 is 0 Å². The van der Waals surface area contributed by atoms with E-state index in [1.807, 2.05) is 67.6 Å². The number of carbonyl (C=O) groups excluding carboxylic acids is 1. The van der Waals surface area contributed by atoms with Crippen molar-refractivity contribution in [2.75, 3.05) is 27.4 Å². The Morgan fingerprint density at radius 3 is 2.36 bits per heavy atom. The van der Waals surface area contributed by atoms with Crippen LogP contribution in [0.4, 0.5) is 0 Å². The fourth-order valence-corrected chi connectivity index (χ4v) is 4.07. The lowest BCUT2D eigenvalue weighted by atomic mass is 10.1. The number of methoxy groups -OCH3 is 2. The molecule has 0 aliphatic carbocycles. The van der Waals surface area contributed by atoms with E-state index in [0.29, 0.717) is 42.4 Å². The molecule has 0 heterocycles. The molecule has 4 rings (SSSR count). The lowest BCUT2D eigenvalue weighted by Crippen LogP contribution is -2.25. The molecule has 36 heavy (non-hydrogen) atoms. The van der Waals surface area contributed by atoms with E-state index >= 15 is 0 Å². The number of fused-ring (bicyclic) bond motifs is 1. The van der Waals surface area contributed by atoms with Gasteiger partial charge in [-0.2, -0.15) is 0 Å². The number of carbonyl (C=O) groups is 1. The summed E-state index contributed by atoms with van der Waals surface area (Å²) in [6.45, 7) is 3.24. The summed E-state index contributed by atoms with van der Waals surface area (Å²) in [6, 6.07) is 25.3. The quantitative estimate of drug-likeness (QED) is 0.291. The van der Waals surface area contributed by atoms with Gasteiger partial charge < -0.3 is 24.3 Å². The van der Waals surface area contributed by atoms with Crippen molar-refractivity contribution < 1.29 is 23.7 Å². The average molecular weight is 486 g/mol. The molecule has 6 heteroatoms. The van der Waals surface area contributed by atoms with Crippen LogP contribution >= 0.6 is 0 Å². The Hall–Kier alpha value is -4.19. The van der Waals surface area contributed by atoms with Crippen LogP contribution in [0.5, 0.6) is 23.0 Å². The summed E-state index contributed by atoms with van der Waals surface area (Å²) in [6.07, 6.45) is 0.667. The van der Waals surface area contributed by atoms with Crippen LogP contribution in [0, 0.1) is 0 Å². The van der Waals surface area contributed by atoms with Crippen LogP contribution in [-0.2, 0) is 13.0 Å². The lowest BCUT2D eigenvalue weighted by Gasteiger charge is -2.15. The first-order chi connectivity index (χ1) is 17.6. The van der Waals surface area contributed by atoms with Crippen LogP contribution in [0.15, 0.2) is 78.9 Å². The van der Waals surface area contributed by atoms with Gasteiger partial charge in [0, 0.05) is 23.1 Å². The Morgan fingerprint density at radius 2 is 1.56 bits per heavy atom. The van der Waals surface area contributed by atoms with Crippen LogP contribution in [0.25, 0.3) is 10.8 Å². The molecule has 0 atom stereocenters. The molecule has 0 radical (unpaired) electrons. The van der Waals surface area contributed by atoms with Crippen LogP contribution < -0.4 is 24.3 Å². The first kappa shape index (κ1) is 24.9. The second-order valence-corrected chi connectivity index (χ2v) is 8.22. The minimum Gasteiger partial charge on any atom is -0.493 e. The zero-order chi connectivity index (χ0) is 25.3. The van der Waals surface area contributed by atoms with Gasteiger partial charge in [0.1, 0.15) is 18.1 Å². The van der Waals surface area contributed by atoms with E-state index in [1.54, 1.807) is 20.3 Å². The van der Waals surface area contributed by atoms with Gasteiger partial charge in [0.15, 0.2) is 11.5 Å². The van der Waals surface area contributed by atoms with Gasteiger partial charge in [-0.25, -0.2) is 0 Å². The minimum atomic E-state index is -0.148. The Labute approximate surface area is 211 Å². The summed E-state index contributed by atoms with van der Waals surface area (Å²) >= 11 is 0. The first-order valence-corrected chi connectivity index (χ1v) is 12.0. The Bertz CT molecular complexity index is 1330. The van der Waals surface area contributed by atoms with Crippen molar-refractivity contribution in [3.8, 4) is 23.0 Å². The number of amides is 1. The van der Waals surface area contributed by atoms with Gasteiger partial charge in [-0.3, -0.25) is 4.79 Å². The third-order valence-electron chi connectivity index (χ3n) is 5.90. The highest BCUT2D eigenvalue weighted by Gasteiger charge is 2.13. The van der Waals surface area contributed by atoms with Gasteiger partial charge in [0.05, 0.1) is 20.8 Å². The maximum absolute atomic E-state index is 12.9. The van der Waals surface area contributed by atoms with E-state index in [-0.39, 0.29) is 12.5 Å². The van der Waals surface area contributed by atoms with Crippen molar-refractivity contribution in [2.24, 2.45) is 0 Å². The molecule has 0 fully saturated rings. The first-order valence-electron chi connectivity index (χ1n) is 12.0. The standard InChI is InChI=1S/C30H31NO5/c1-4-35-26-15-13-23(30(32)31-17-16-21-12-14-28(33-2)29(18-21)34-3)19-24(26)20-36-27-11-7-9-22-8-5-6-10-25(22)27/h5-15,18-19H,4,16-17,20H2,1-3H3,(H,31,32).